The molecule has 2 aliphatic rings. The topological polar surface area (TPSA) is 63.7 Å². The van der Waals surface area contributed by atoms with E-state index < -0.39 is 15.6 Å². The van der Waals surface area contributed by atoms with Gasteiger partial charge in [-0.05, 0) is 36.1 Å². The van der Waals surface area contributed by atoms with Crippen molar-refractivity contribution in [1.82, 2.24) is 4.31 Å². The van der Waals surface area contributed by atoms with Crippen molar-refractivity contribution in [3.8, 4) is 5.75 Å². The number of sulfonamides is 1. The largest absolute Gasteiger partial charge is 0.486 e. The number of thiophene rings is 1. The molecule has 0 radical (unpaired) electrons. The van der Waals surface area contributed by atoms with E-state index in [4.69, 9.17) is 16.3 Å². The zero-order valence-corrected chi connectivity index (χ0v) is 16.6. The number of piperidine rings is 1. The number of fused-ring (bicyclic) bond motifs is 1. The molecule has 3 heterocycles. The number of ether oxygens (including phenoxy) is 1. The lowest BCUT2D eigenvalue weighted by Crippen LogP contribution is -2.52. The highest BCUT2D eigenvalue weighted by Crippen LogP contribution is 2.42. The van der Waals surface area contributed by atoms with E-state index in [1.165, 1.54) is 15.6 Å². The number of nitrogens with zero attached hydrogens (tertiary/aromatic N) is 1. The fourth-order valence-electron chi connectivity index (χ4n) is 3.56. The van der Waals surface area contributed by atoms with Gasteiger partial charge in [-0.15, -0.1) is 11.3 Å². The first kappa shape index (κ1) is 18.0. The van der Waals surface area contributed by atoms with Crippen LogP contribution in [0, 0.1) is 6.92 Å². The summed E-state index contributed by atoms with van der Waals surface area (Å²) in [6.07, 6.45) is 1.24. The highest BCUT2D eigenvalue weighted by Gasteiger charge is 2.45. The minimum atomic E-state index is -3.47. The number of benzene rings is 1. The summed E-state index contributed by atoms with van der Waals surface area (Å²) in [5, 5.41) is 2.31. The maximum Gasteiger partial charge on any atom is 0.252 e. The van der Waals surface area contributed by atoms with Gasteiger partial charge in [0.1, 0.15) is 15.6 Å². The van der Waals surface area contributed by atoms with Crippen LogP contribution >= 0.6 is 22.9 Å². The quantitative estimate of drug-likeness (QED) is 0.751. The Hall–Kier alpha value is -1.41. The molecule has 0 saturated carbocycles. The SMILES string of the molecule is Cc1cc2c(cc1Cl)C(=O)CC1(CCN(S(=O)(=O)c3cccs3)CC1)O2. The predicted molar refractivity (Wildman–Crippen MR) is 101 cm³/mol. The lowest BCUT2D eigenvalue weighted by atomic mass is 9.83. The molecule has 0 bridgehead atoms. The zero-order chi connectivity index (χ0) is 18.5. The second-order valence-electron chi connectivity index (χ2n) is 6.82. The van der Waals surface area contributed by atoms with E-state index in [-0.39, 0.29) is 12.2 Å². The van der Waals surface area contributed by atoms with E-state index in [0.29, 0.717) is 46.5 Å². The molecule has 5 nitrogen and oxygen atoms in total. The van der Waals surface area contributed by atoms with Crippen molar-refractivity contribution in [1.29, 1.82) is 0 Å². The van der Waals surface area contributed by atoms with Gasteiger partial charge in [0.15, 0.2) is 5.78 Å². The van der Waals surface area contributed by atoms with Crippen LogP contribution in [0.4, 0.5) is 0 Å². The van der Waals surface area contributed by atoms with Crippen LogP contribution in [-0.4, -0.2) is 37.2 Å². The molecule has 1 saturated heterocycles. The number of halogens is 1. The molecule has 8 heteroatoms. The summed E-state index contributed by atoms with van der Waals surface area (Å²) in [5.41, 5.74) is 0.735. The fourth-order valence-corrected chi connectivity index (χ4v) is 6.31. The molecule has 0 unspecified atom stereocenters. The van der Waals surface area contributed by atoms with Gasteiger partial charge in [0.2, 0.25) is 0 Å². The van der Waals surface area contributed by atoms with Crippen LogP contribution in [0.5, 0.6) is 5.75 Å². The number of rotatable bonds is 2. The van der Waals surface area contributed by atoms with Crippen LogP contribution in [-0.2, 0) is 10.0 Å². The molecule has 1 aromatic carbocycles. The maximum atomic E-state index is 12.7. The minimum Gasteiger partial charge on any atom is -0.486 e. The van der Waals surface area contributed by atoms with E-state index in [9.17, 15) is 13.2 Å². The van der Waals surface area contributed by atoms with Gasteiger partial charge in [-0.3, -0.25) is 4.79 Å². The van der Waals surface area contributed by atoms with Crippen molar-refractivity contribution in [2.24, 2.45) is 0 Å². The lowest BCUT2D eigenvalue weighted by molar-refractivity contribution is 0.00591. The van der Waals surface area contributed by atoms with Crippen LogP contribution in [0.2, 0.25) is 5.02 Å². The Bertz CT molecular complexity index is 961. The maximum absolute atomic E-state index is 12.7. The van der Waals surface area contributed by atoms with Crippen molar-refractivity contribution in [2.45, 2.75) is 36.0 Å². The molecule has 1 spiro atoms. The summed E-state index contributed by atoms with van der Waals surface area (Å²) < 4.78 is 33.4. The summed E-state index contributed by atoms with van der Waals surface area (Å²) in [4.78, 5) is 12.6. The Morgan fingerprint density at radius 3 is 2.65 bits per heavy atom. The van der Waals surface area contributed by atoms with Gasteiger partial charge in [-0.25, -0.2) is 8.42 Å². The number of hydrogen-bond donors (Lipinski definition) is 0. The summed E-state index contributed by atoms with van der Waals surface area (Å²) in [7, 11) is -3.47. The number of Topliss-reactive ketones (excluding diaryl/α,β-unsaturated/α-hetero) is 1. The molecule has 2 aromatic rings. The van der Waals surface area contributed by atoms with E-state index in [1.807, 2.05) is 6.92 Å². The van der Waals surface area contributed by atoms with Gasteiger partial charge in [-0.1, -0.05) is 17.7 Å². The fraction of sp³-hybridized carbons (Fsp3) is 0.389. The van der Waals surface area contributed by atoms with E-state index >= 15 is 0 Å². The molecule has 0 aliphatic carbocycles. The normalized spacial score (nSPS) is 20.0. The van der Waals surface area contributed by atoms with Crippen LogP contribution < -0.4 is 4.74 Å². The predicted octanol–water partition coefficient (Wildman–Crippen LogP) is 3.90. The molecular formula is C18H18ClNO4S2. The van der Waals surface area contributed by atoms with Crippen molar-refractivity contribution in [2.75, 3.05) is 13.1 Å². The molecule has 138 valence electrons. The van der Waals surface area contributed by atoms with Gasteiger partial charge >= 0.3 is 0 Å². The average Bonchev–Trinajstić information content (AvgIpc) is 3.13. The summed E-state index contributed by atoms with van der Waals surface area (Å²) >= 11 is 7.34. The van der Waals surface area contributed by atoms with E-state index in [2.05, 4.69) is 0 Å². The highest BCUT2D eigenvalue weighted by atomic mass is 35.5. The number of carbonyl (C=O) groups excluding carboxylic acids is 1. The Morgan fingerprint density at radius 2 is 2.00 bits per heavy atom. The summed E-state index contributed by atoms with van der Waals surface area (Å²) in [5.74, 6) is 0.556. The highest BCUT2D eigenvalue weighted by molar-refractivity contribution is 7.91. The molecule has 0 amide bonds. The molecular weight excluding hydrogens is 394 g/mol. The van der Waals surface area contributed by atoms with Crippen molar-refractivity contribution >= 4 is 38.7 Å². The molecule has 0 atom stereocenters. The third-order valence-corrected chi connectivity index (χ3v) is 8.77. The van der Waals surface area contributed by atoms with Crippen LogP contribution in [0.25, 0.3) is 0 Å². The average molecular weight is 412 g/mol. The minimum absolute atomic E-state index is 0.00251. The zero-order valence-electron chi connectivity index (χ0n) is 14.2. The Labute approximate surface area is 161 Å². The van der Waals surface area contributed by atoms with E-state index in [1.54, 1.807) is 29.6 Å². The van der Waals surface area contributed by atoms with Crippen molar-refractivity contribution in [3.05, 3.63) is 45.8 Å². The molecule has 4 rings (SSSR count). The Balaban J connectivity index is 1.56. The Morgan fingerprint density at radius 1 is 1.27 bits per heavy atom. The number of aryl methyl sites for hydroxylation is 1. The molecule has 1 aromatic heterocycles. The third-order valence-electron chi connectivity index (χ3n) is 5.09. The second kappa shape index (κ2) is 6.34. The standard InChI is InChI=1S/C18H18ClNO4S2/c1-12-9-16-13(10-14(12)19)15(21)11-18(24-16)4-6-20(7-5-18)26(22,23)17-3-2-8-25-17/h2-3,8-10H,4-7,11H2,1H3. The van der Waals surface area contributed by atoms with Crippen molar-refractivity contribution < 1.29 is 17.9 Å². The second-order valence-corrected chi connectivity index (χ2v) is 10.3. The van der Waals surface area contributed by atoms with Crippen LogP contribution in [0.1, 0.15) is 35.2 Å². The van der Waals surface area contributed by atoms with Crippen LogP contribution in [0.15, 0.2) is 33.9 Å². The van der Waals surface area contributed by atoms with Gasteiger partial charge in [0.25, 0.3) is 10.0 Å². The van der Waals surface area contributed by atoms with Gasteiger partial charge < -0.3 is 4.74 Å². The van der Waals surface area contributed by atoms with E-state index in [0.717, 1.165) is 5.56 Å². The van der Waals surface area contributed by atoms with Crippen LogP contribution in [0.3, 0.4) is 0 Å². The lowest BCUT2D eigenvalue weighted by Gasteiger charge is -2.43. The monoisotopic (exact) mass is 411 g/mol. The van der Waals surface area contributed by atoms with Crippen molar-refractivity contribution in [3.63, 3.8) is 0 Å². The summed E-state index contributed by atoms with van der Waals surface area (Å²) in [6, 6.07) is 6.81. The van der Waals surface area contributed by atoms with Gasteiger partial charge in [-0.2, -0.15) is 4.31 Å². The Kier molecular flexibility index (Phi) is 4.38. The first-order valence-corrected chi connectivity index (χ1v) is 11.1. The third kappa shape index (κ3) is 2.97. The van der Waals surface area contributed by atoms with Gasteiger partial charge in [0.05, 0.1) is 12.0 Å². The van der Waals surface area contributed by atoms with Gasteiger partial charge in [0, 0.05) is 31.0 Å². The molecule has 1 fully saturated rings. The first-order valence-electron chi connectivity index (χ1n) is 8.37. The number of carbonyl (C=O) groups is 1. The smallest absolute Gasteiger partial charge is 0.252 e. The molecule has 2 aliphatic heterocycles. The number of hydrogen-bond acceptors (Lipinski definition) is 5. The molecule has 26 heavy (non-hydrogen) atoms. The number of ketones is 1. The summed E-state index contributed by atoms with van der Waals surface area (Å²) in [6.45, 7) is 2.55. The first-order chi connectivity index (χ1) is 12.3. The molecule has 0 N–H and O–H groups in total.